The van der Waals surface area contributed by atoms with E-state index in [0.29, 0.717) is 13.0 Å². The molecule has 0 bridgehead atoms. The van der Waals surface area contributed by atoms with Gasteiger partial charge in [-0.3, -0.25) is 13.8 Å². The van der Waals surface area contributed by atoms with Gasteiger partial charge in [0.05, 0.1) is 13.2 Å². The van der Waals surface area contributed by atoms with E-state index in [9.17, 15) is 39.8 Å². The van der Waals surface area contributed by atoms with Crippen LogP contribution < -0.4 is 0 Å². The van der Waals surface area contributed by atoms with Crippen LogP contribution in [-0.4, -0.2) is 98.9 Å². The summed E-state index contributed by atoms with van der Waals surface area (Å²) < 4.78 is 34.4. The van der Waals surface area contributed by atoms with E-state index >= 15 is 0 Å². The van der Waals surface area contributed by atoms with Crippen LogP contribution in [0.3, 0.4) is 0 Å². The fraction of sp³-hybridized carbons (Fsp3) is 0.982. The van der Waals surface area contributed by atoms with Crippen LogP contribution in [0.2, 0.25) is 0 Å². The molecule has 0 spiro atoms. The molecule has 0 aliphatic heterocycles. The van der Waals surface area contributed by atoms with Gasteiger partial charge in [-0.15, -0.1) is 0 Å². The SMILES string of the molecule is CCCCCCCCCCCCCCCCCCCCCCCCC(=O)O[C@H](COCCCCCCCCCCCCCCCCCCCCCC)COP(=O)(O)OC1C(O)C(O)C(O)[C@@H](O)C1O. The van der Waals surface area contributed by atoms with Gasteiger partial charge >= 0.3 is 13.8 Å². The zero-order chi connectivity index (χ0) is 50.5. The second-order valence-corrected chi connectivity index (χ2v) is 22.3. The molecule has 1 rings (SSSR count). The molecular formula is C56H111O12P. The van der Waals surface area contributed by atoms with Crippen molar-refractivity contribution in [3.63, 3.8) is 0 Å². The molecule has 1 fully saturated rings. The van der Waals surface area contributed by atoms with Crippen LogP contribution in [0, 0.1) is 0 Å². The number of phosphoric ester groups is 1. The standard InChI is InChI=1S/C56H111O12P/c1-3-5-7-9-11-13-15-17-19-21-23-25-26-27-29-31-33-35-37-39-41-43-45-50(57)67-49(48-66-69(63,64)68-56-54(61)52(59)51(58)53(60)55(56)62)47-65-46-44-42-40-38-36-34-32-30-28-24-22-20-18-16-14-12-10-8-6-4-2/h49,51-56,58-62H,3-48H2,1-2H3,(H,63,64)/t49-,51?,52-,53?,54?,55?,56?/m1/s1. The Morgan fingerprint density at radius 1 is 0.406 bits per heavy atom. The number of aliphatic hydroxyl groups excluding tert-OH is 5. The molecule has 6 unspecified atom stereocenters. The molecule has 0 aromatic heterocycles. The smallest absolute Gasteiger partial charge is 0.457 e. The summed E-state index contributed by atoms with van der Waals surface area (Å²) in [5.74, 6) is -0.466. The number of carbonyl (C=O) groups excluding carboxylic acids is 1. The lowest BCUT2D eigenvalue weighted by Crippen LogP contribution is -2.64. The van der Waals surface area contributed by atoms with E-state index in [1.54, 1.807) is 0 Å². The van der Waals surface area contributed by atoms with Gasteiger partial charge in [-0.05, 0) is 12.8 Å². The molecule has 0 radical (unpaired) electrons. The maximum Gasteiger partial charge on any atom is 0.472 e. The lowest BCUT2D eigenvalue weighted by Gasteiger charge is -2.41. The van der Waals surface area contributed by atoms with Crippen LogP contribution in [0.5, 0.6) is 0 Å². The zero-order valence-electron chi connectivity index (χ0n) is 44.6. The number of carbonyl (C=O) groups is 1. The van der Waals surface area contributed by atoms with Crippen LogP contribution in [0.1, 0.15) is 290 Å². The fourth-order valence-corrected chi connectivity index (χ4v) is 10.6. The molecule has 0 saturated heterocycles. The van der Waals surface area contributed by atoms with Gasteiger partial charge in [-0.1, -0.05) is 271 Å². The summed E-state index contributed by atoms with van der Waals surface area (Å²) in [4.78, 5) is 23.3. The number of esters is 1. The van der Waals surface area contributed by atoms with Crippen LogP contribution in [-0.2, 0) is 27.9 Å². The zero-order valence-corrected chi connectivity index (χ0v) is 45.5. The molecule has 8 atom stereocenters. The van der Waals surface area contributed by atoms with Crippen molar-refractivity contribution in [3.8, 4) is 0 Å². The first kappa shape index (κ1) is 66.4. The predicted molar refractivity (Wildman–Crippen MR) is 281 cm³/mol. The maximum absolute atomic E-state index is 12.9. The molecule has 0 heterocycles. The third-order valence-corrected chi connectivity index (χ3v) is 15.2. The van der Waals surface area contributed by atoms with Crippen LogP contribution in [0.4, 0.5) is 0 Å². The largest absolute Gasteiger partial charge is 0.472 e. The van der Waals surface area contributed by atoms with Crippen LogP contribution in [0.15, 0.2) is 0 Å². The van der Waals surface area contributed by atoms with Gasteiger partial charge in [0.1, 0.15) is 42.7 Å². The summed E-state index contributed by atoms with van der Waals surface area (Å²) in [7, 11) is -5.02. The van der Waals surface area contributed by atoms with Gasteiger partial charge < -0.3 is 39.9 Å². The Morgan fingerprint density at radius 2 is 0.681 bits per heavy atom. The molecule has 12 nitrogen and oxygen atoms in total. The molecule has 412 valence electrons. The molecule has 1 saturated carbocycles. The molecule has 1 aliphatic rings. The average Bonchev–Trinajstić information content (AvgIpc) is 3.34. The minimum Gasteiger partial charge on any atom is -0.457 e. The lowest BCUT2D eigenvalue weighted by atomic mass is 9.85. The van der Waals surface area contributed by atoms with Crippen molar-refractivity contribution in [3.05, 3.63) is 0 Å². The Hall–Kier alpha value is -0.660. The number of ether oxygens (including phenoxy) is 2. The Labute approximate surface area is 423 Å². The van der Waals surface area contributed by atoms with Crippen molar-refractivity contribution in [1.82, 2.24) is 0 Å². The molecule has 69 heavy (non-hydrogen) atoms. The van der Waals surface area contributed by atoms with E-state index in [2.05, 4.69) is 13.8 Å². The van der Waals surface area contributed by atoms with Crippen molar-refractivity contribution >= 4 is 13.8 Å². The fourth-order valence-electron chi connectivity index (χ4n) is 9.60. The van der Waals surface area contributed by atoms with Gasteiger partial charge in [0.2, 0.25) is 0 Å². The first-order chi connectivity index (χ1) is 33.5. The van der Waals surface area contributed by atoms with E-state index in [0.717, 1.165) is 38.5 Å². The number of aliphatic hydroxyl groups is 5. The normalized spacial score (nSPS) is 20.9. The first-order valence-electron chi connectivity index (χ1n) is 29.4. The molecule has 0 amide bonds. The number of unbranched alkanes of at least 4 members (excludes halogenated alkanes) is 40. The number of phosphoric acid groups is 1. The van der Waals surface area contributed by atoms with Crippen molar-refractivity contribution in [2.24, 2.45) is 0 Å². The van der Waals surface area contributed by atoms with Gasteiger partial charge in [-0.2, -0.15) is 0 Å². The van der Waals surface area contributed by atoms with Crippen molar-refractivity contribution in [2.75, 3.05) is 19.8 Å². The van der Waals surface area contributed by atoms with Crippen molar-refractivity contribution < 1.29 is 58.3 Å². The number of rotatable bonds is 52. The maximum atomic E-state index is 12.9. The van der Waals surface area contributed by atoms with E-state index < -0.39 is 63.1 Å². The number of hydrogen-bond donors (Lipinski definition) is 6. The molecule has 0 aromatic rings. The van der Waals surface area contributed by atoms with Crippen LogP contribution in [0.25, 0.3) is 0 Å². The minimum atomic E-state index is -5.02. The van der Waals surface area contributed by atoms with Crippen molar-refractivity contribution in [2.45, 2.75) is 333 Å². The highest BCUT2D eigenvalue weighted by molar-refractivity contribution is 7.47. The Balaban J connectivity index is 2.25. The average molecular weight is 1010 g/mol. The lowest BCUT2D eigenvalue weighted by molar-refractivity contribution is -0.220. The minimum absolute atomic E-state index is 0.0669. The molecule has 13 heteroatoms. The van der Waals surface area contributed by atoms with Crippen molar-refractivity contribution in [1.29, 1.82) is 0 Å². The Bertz CT molecular complexity index is 1150. The highest BCUT2D eigenvalue weighted by Gasteiger charge is 2.51. The monoisotopic (exact) mass is 1010 g/mol. The Morgan fingerprint density at radius 3 is 1.00 bits per heavy atom. The second kappa shape index (κ2) is 47.1. The third kappa shape index (κ3) is 38.6. The van der Waals surface area contributed by atoms with E-state index in [4.69, 9.17) is 18.5 Å². The van der Waals surface area contributed by atoms with Gasteiger partial charge in [0.15, 0.2) is 0 Å². The van der Waals surface area contributed by atoms with Gasteiger partial charge in [0, 0.05) is 13.0 Å². The first-order valence-corrected chi connectivity index (χ1v) is 30.9. The highest BCUT2D eigenvalue weighted by atomic mass is 31.2. The number of hydrogen-bond acceptors (Lipinski definition) is 11. The van der Waals surface area contributed by atoms with E-state index in [1.807, 2.05) is 0 Å². The summed E-state index contributed by atoms with van der Waals surface area (Å²) >= 11 is 0. The molecular weight excluding hydrogens is 896 g/mol. The summed E-state index contributed by atoms with van der Waals surface area (Å²) in [6.45, 7) is 4.35. The van der Waals surface area contributed by atoms with Gasteiger partial charge in [0.25, 0.3) is 0 Å². The summed E-state index contributed by atoms with van der Waals surface area (Å²) in [5.41, 5.74) is 0. The molecule has 6 N–H and O–H groups in total. The van der Waals surface area contributed by atoms with E-state index in [1.165, 1.54) is 225 Å². The summed E-state index contributed by atoms with van der Waals surface area (Å²) in [6.07, 6.45) is 41.8. The van der Waals surface area contributed by atoms with Gasteiger partial charge in [-0.25, -0.2) is 4.57 Å². The van der Waals surface area contributed by atoms with Crippen LogP contribution >= 0.6 is 7.82 Å². The topological polar surface area (TPSA) is 192 Å². The quantitative estimate of drug-likeness (QED) is 0.0192. The summed E-state index contributed by atoms with van der Waals surface area (Å²) in [5, 5.41) is 50.4. The highest BCUT2D eigenvalue weighted by Crippen LogP contribution is 2.47. The second-order valence-electron chi connectivity index (χ2n) is 20.9. The molecule has 0 aromatic carbocycles. The Kier molecular flexibility index (Phi) is 45.3. The predicted octanol–water partition coefficient (Wildman–Crippen LogP) is 14.0. The van der Waals surface area contributed by atoms with E-state index in [-0.39, 0.29) is 13.0 Å². The summed E-state index contributed by atoms with van der Waals surface area (Å²) in [6, 6.07) is 0. The third-order valence-electron chi connectivity index (χ3n) is 14.2. The molecule has 1 aliphatic carbocycles.